The van der Waals surface area contributed by atoms with Crippen LogP contribution in [0.5, 0.6) is 0 Å². The van der Waals surface area contributed by atoms with Gasteiger partial charge in [0.05, 0.1) is 13.2 Å². The number of aromatic nitrogens is 1. The van der Waals surface area contributed by atoms with Gasteiger partial charge in [-0.1, -0.05) is 6.07 Å². The smallest absolute Gasteiger partial charge is 0.220 e. The summed E-state index contributed by atoms with van der Waals surface area (Å²) in [5.41, 5.74) is 1.11. The number of ether oxygens (including phenoxy) is 1. The van der Waals surface area contributed by atoms with E-state index in [-0.39, 0.29) is 5.91 Å². The summed E-state index contributed by atoms with van der Waals surface area (Å²) in [5.74, 6) is 0.993. The average Bonchev–Trinajstić information content (AvgIpc) is 2.59. The Morgan fingerprint density at radius 2 is 2.17 bits per heavy atom. The van der Waals surface area contributed by atoms with Gasteiger partial charge in [0.15, 0.2) is 0 Å². The molecule has 1 amide bonds. The van der Waals surface area contributed by atoms with Crippen LogP contribution in [0.25, 0.3) is 0 Å². The summed E-state index contributed by atoms with van der Waals surface area (Å²) in [7, 11) is 0. The molecule has 2 N–H and O–H groups in total. The molecule has 2 heterocycles. The minimum absolute atomic E-state index is 0.115. The van der Waals surface area contributed by atoms with Gasteiger partial charge in [0.25, 0.3) is 0 Å². The maximum Gasteiger partial charge on any atom is 0.220 e. The highest BCUT2D eigenvalue weighted by Crippen LogP contribution is 2.09. The van der Waals surface area contributed by atoms with Crippen LogP contribution in [0.15, 0.2) is 18.3 Å². The van der Waals surface area contributed by atoms with E-state index in [1.807, 2.05) is 19.1 Å². The van der Waals surface area contributed by atoms with E-state index in [1.54, 1.807) is 6.20 Å². The van der Waals surface area contributed by atoms with Gasteiger partial charge in [0.2, 0.25) is 5.91 Å². The van der Waals surface area contributed by atoms with Crippen LogP contribution in [0.2, 0.25) is 0 Å². The van der Waals surface area contributed by atoms with E-state index in [1.165, 1.54) is 0 Å². The molecule has 1 saturated heterocycles. The first-order valence-electron chi connectivity index (χ1n) is 8.41. The van der Waals surface area contributed by atoms with Gasteiger partial charge in [-0.15, -0.1) is 0 Å². The van der Waals surface area contributed by atoms with Gasteiger partial charge >= 0.3 is 0 Å². The molecule has 2 rings (SSSR count). The number of carbonyl (C=O) groups is 1. The number of hydrogen-bond acceptors (Lipinski definition) is 5. The summed E-state index contributed by atoms with van der Waals surface area (Å²) < 4.78 is 5.35. The van der Waals surface area contributed by atoms with Crippen molar-refractivity contribution in [3.63, 3.8) is 0 Å². The summed E-state index contributed by atoms with van der Waals surface area (Å²) in [6, 6.07) is 4.36. The fourth-order valence-corrected chi connectivity index (χ4v) is 2.68. The fourth-order valence-electron chi connectivity index (χ4n) is 2.68. The third-order valence-electron chi connectivity index (χ3n) is 4.21. The zero-order valence-electron chi connectivity index (χ0n) is 14.2. The molecule has 23 heavy (non-hydrogen) atoms. The summed E-state index contributed by atoms with van der Waals surface area (Å²) in [4.78, 5) is 18.6. The maximum absolute atomic E-state index is 11.9. The number of nitrogens with one attached hydrogen (secondary N) is 2. The maximum atomic E-state index is 11.9. The van der Waals surface area contributed by atoms with Crippen molar-refractivity contribution in [1.82, 2.24) is 15.2 Å². The Bertz CT molecular complexity index is 489. The third-order valence-corrected chi connectivity index (χ3v) is 4.21. The zero-order chi connectivity index (χ0) is 16.5. The monoisotopic (exact) mass is 320 g/mol. The molecule has 1 aliphatic rings. The number of amides is 1. The van der Waals surface area contributed by atoms with Crippen molar-refractivity contribution in [2.75, 3.05) is 44.7 Å². The molecule has 0 bridgehead atoms. The number of rotatable bonds is 8. The molecule has 1 aromatic rings. The second-order valence-corrected chi connectivity index (χ2v) is 5.98. The number of hydrogen-bond donors (Lipinski definition) is 2. The first-order valence-corrected chi connectivity index (χ1v) is 8.41. The molecule has 1 aromatic heterocycles. The van der Waals surface area contributed by atoms with E-state index < -0.39 is 0 Å². The lowest BCUT2D eigenvalue weighted by molar-refractivity contribution is -0.121. The molecule has 1 atom stereocenters. The molecule has 6 heteroatoms. The molecule has 0 aromatic carbocycles. The topological polar surface area (TPSA) is 66.5 Å². The number of anilines is 1. The van der Waals surface area contributed by atoms with Crippen molar-refractivity contribution in [2.45, 2.75) is 32.7 Å². The highest BCUT2D eigenvalue weighted by atomic mass is 16.5. The number of morpholine rings is 1. The SMILES string of the molecule is Cc1cccnc1NCCNC(=O)CC[C@@H](C)N1CCOCC1. The van der Waals surface area contributed by atoms with Crippen LogP contribution in [-0.4, -0.2) is 61.2 Å². The van der Waals surface area contributed by atoms with Crippen molar-refractivity contribution >= 4 is 11.7 Å². The largest absolute Gasteiger partial charge is 0.379 e. The second-order valence-electron chi connectivity index (χ2n) is 5.98. The standard InChI is InChI=1S/C17H28N4O2/c1-14-4-3-7-19-17(14)20-9-8-18-16(22)6-5-15(2)21-10-12-23-13-11-21/h3-4,7,15H,5-6,8-13H2,1-2H3,(H,18,22)(H,19,20)/t15-/m1/s1. The van der Waals surface area contributed by atoms with Crippen LogP contribution < -0.4 is 10.6 Å². The second kappa shape index (κ2) is 9.47. The Kier molecular flexibility index (Phi) is 7.29. The minimum atomic E-state index is 0.115. The molecule has 0 radical (unpaired) electrons. The molecule has 0 aliphatic carbocycles. The van der Waals surface area contributed by atoms with Crippen LogP contribution >= 0.6 is 0 Å². The Labute approximate surface area is 138 Å². The van der Waals surface area contributed by atoms with Crippen LogP contribution in [0.4, 0.5) is 5.82 Å². The number of pyridine rings is 1. The zero-order valence-corrected chi connectivity index (χ0v) is 14.2. The molecule has 1 fully saturated rings. The summed E-state index contributed by atoms with van der Waals surface area (Å²) in [6.45, 7) is 9.03. The van der Waals surface area contributed by atoms with Crippen molar-refractivity contribution in [3.05, 3.63) is 23.9 Å². The van der Waals surface area contributed by atoms with Crippen LogP contribution in [0.1, 0.15) is 25.3 Å². The molecule has 128 valence electrons. The van der Waals surface area contributed by atoms with E-state index in [2.05, 4.69) is 27.4 Å². The highest BCUT2D eigenvalue weighted by Gasteiger charge is 2.17. The molecule has 0 spiro atoms. The predicted molar refractivity (Wildman–Crippen MR) is 91.6 cm³/mol. The van der Waals surface area contributed by atoms with Crippen molar-refractivity contribution in [2.24, 2.45) is 0 Å². The minimum Gasteiger partial charge on any atom is -0.379 e. The predicted octanol–water partition coefficient (Wildman–Crippen LogP) is 1.42. The lowest BCUT2D eigenvalue weighted by Gasteiger charge is -2.32. The van der Waals surface area contributed by atoms with Crippen LogP contribution in [-0.2, 0) is 9.53 Å². The lowest BCUT2D eigenvalue weighted by Crippen LogP contribution is -2.42. The van der Waals surface area contributed by atoms with E-state index >= 15 is 0 Å². The molecule has 1 aliphatic heterocycles. The summed E-state index contributed by atoms with van der Waals surface area (Å²) in [5, 5.41) is 6.20. The Morgan fingerprint density at radius 1 is 1.39 bits per heavy atom. The number of nitrogens with zero attached hydrogens (tertiary/aromatic N) is 2. The molecular formula is C17H28N4O2. The van der Waals surface area contributed by atoms with Gasteiger partial charge in [-0.3, -0.25) is 9.69 Å². The number of carbonyl (C=O) groups excluding carboxylic acids is 1. The van der Waals surface area contributed by atoms with Gasteiger partial charge in [0, 0.05) is 44.8 Å². The van der Waals surface area contributed by atoms with Gasteiger partial charge in [0.1, 0.15) is 5.82 Å². The molecule has 6 nitrogen and oxygen atoms in total. The lowest BCUT2D eigenvalue weighted by atomic mass is 10.1. The van der Waals surface area contributed by atoms with Crippen molar-refractivity contribution in [1.29, 1.82) is 0 Å². The number of aryl methyl sites for hydroxylation is 1. The average molecular weight is 320 g/mol. The van der Waals surface area contributed by atoms with Gasteiger partial charge in [-0.2, -0.15) is 0 Å². The fraction of sp³-hybridized carbons (Fsp3) is 0.647. The molecule has 0 saturated carbocycles. The van der Waals surface area contributed by atoms with Crippen LogP contribution in [0.3, 0.4) is 0 Å². The summed E-state index contributed by atoms with van der Waals surface area (Å²) in [6.07, 6.45) is 3.22. The van der Waals surface area contributed by atoms with Gasteiger partial charge in [-0.25, -0.2) is 4.98 Å². The molecule has 0 unspecified atom stereocenters. The van der Waals surface area contributed by atoms with Gasteiger partial charge < -0.3 is 15.4 Å². The summed E-state index contributed by atoms with van der Waals surface area (Å²) >= 11 is 0. The Balaban J connectivity index is 1.57. The highest BCUT2D eigenvalue weighted by molar-refractivity contribution is 5.75. The van der Waals surface area contributed by atoms with E-state index in [0.717, 1.165) is 44.1 Å². The van der Waals surface area contributed by atoms with Crippen molar-refractivity contribution < 1.29 is 9.53 Å². The van der Waals surface area contributed by atoms with Crippen LogP contribution in [0, 0.1) is 6.92 Å². The first kappa shape index (κ1) is 17.7. The third kappa shape index (κ3) is 6.15. The first-order chi connectivity index (χ1) is 11.2. The Hall–Kier alpha value is -1.66. The van der Waals surface area contributed by atoms with E-state index in [4.69, 9.17) is 4.74 Å². The van der Waals surface area contributed by atoms with Gasteiger partial charge in [-0.05, 0) is 31.9 Å². The van der Waals surface area contributed by atoms with E-state index in [0.29, 0.717) is 25.6 Å². The van der Waals surface area contributed by atoms with E-state index in [9.17, 15) is 4.79 Å². The Morgan fingerprint density at radius 3 is 2.91 bits per heavy atom. The normalized spacial score (nSPS) is 16.8. The quantitative estimate of drug-likeness (QED) is 0.709. The molecular weight excluding hydrogens is 292 g/mol. The van der Waals surface area contributed by atoms with Crippen molar-refractivity contribution in [3.8, 4) is 0 Å².